The van der Waals surface area contributed by atoms with E-state index in [9.17, 15) is 14.7 Å². The van der Waals surface area contributed by atoms with Gasteiger partial charge in [0.25, 0.3) is 11.5 Å². The van der Waals surface area contributed by atoms with Crippen molar-refractivity contribution in [3.05, 3.63) is 27.1 Å². The van der Waals surface area contributed by atoms with Crippen LogP contribution in [0.3, 0.4) is 0 Å². The number of fused-ring (bicyclic) bond motifs is 1. The van der Waals surface area contributed by atoms with Crippen LogP contribution in [0.15, 0.2) is 11.1 Å². The van der Waals surface area contributed by atoms with Crippen LogP contribution in [0.4, 0.5) is 0 Å². The molecule has 7 heteroatoms. The fourth-order valence-electron chi connectivity index (χ4n) is 2.25. The number of nitrogens with zero attached hydrogens (tertiary/aromatic N) is 1. The molecule has 3 N–H and O–H groups in total. The number of aryl methyl sites for hydroxylation is 1. The number of rotatable bonds is 2. The zero-order chi connectivity index (χ0) is 13.6. The molecule has 2 heterocycles. The van der Waals surface area contributed by atoms with Gasteiger partial charge in [0.2, 0.25) is 0 Å². The molecular formula is C12H13N3O3S. The Bertz CT molecular complexity index is 700. The highest BCUT2D eigenvalue weighted by Gasteiger charge is 2.29. The number of aromatic amines is 1. The minimum atomic E-state index is -0.307. The van der Waals surface area contributed by atoms with Crippen LogP contribution >= 0.6 is 11.3 Å². The van der Waals surface area contributed by atoms with Crippen LogP contribution in [0, 0.1) is 6.92 Å². The molecule has 0 aliphatic heterocycles. The lowest BCUT2D eigenvalue weighted by Crippen LogP contribution is -2.46. The van der Waals surface area contributed by atoms with Gasteiger partial charge in [0, 0.05) is 6.04 Å². The predicted octanol–water partition coefficient (Wildman–Crippen LogP) is 0.546. The number of thiophene rings is 1. The molecule has 2 aromatic rings. The van der Waals surface area contributed by atoms with Crippen molar-refractivity contribution in [2.24, 2.45) is 0 Å². The third-order valence-corrected chi connectivity index (χ3v) is 4.59. The summed E-state index contributed by atoms with van der Waals surface area (Å²) in [4.78, 5) is 31.5. The Morgan fingerprint density at radius 1 is 1.58 bits per heavy atom. The zero-order valence-corrected chi connectivity index (χ0v) is 11.1. The van der Waals surface area contributed by atoms with Crippen LogP contribution in [0.25, 0.3) is 10.2 Å². The lowest BCUT2D eigenvalue weighted by atomic mass is 9.89. The van der Waals surface area contributed by atoms with Crippen molar-refractivity contribution in [1.82, 2.24) is 15.3 Å². The first-order valence-electron chi connectivity index (χ1n) is 6.02. The van der Waals surface area contributed by atoms with Gasteiger partial charge in [0.1, 0.15) is 4.83 Å². The molecule has 0 bridgehead atoms. The number of aliphatic hydroxyl groups excluding tert-OH is 1. The Labute approximate surface area is 112 Å². The van der Waals surface area contributed by atoms with Crippen molar-refractivity contribution >= 4 is 27.5 Å². The first-order chi connectivity index (χ1) is 9.06. The zero-order valence-electron chi connectivity index (χ0n) is 10.3. The highest BCUT2D eigenvalue weighted by Crippen LogP contribution is 2.27. The summed E-state index contributed by atoms with van der Waals surface area (Å²) in [7, 11) is 0. The van der Waals surface area contributed by atoms with Gasteiger partial charge in [-0.25, -0.2) is 4.98 Å². The highest BCUT2D eigenvalue weighted by atomic mass is 32.1. The van der Waals surface area contributed by atoms with Crippen molar-refractivity contribution in [3.63, 3.8) is 0 Å². The molecule has 3 rings (SSSR count). The van der Waals surface area contributed by atoms with Gasteiger partial charge in [-0.15, -0.1) is 11.3 Å². The molecule has 1 aliphatic carbocycles. The van der Waals surface area contributed by atoms with E-state index in [1.54, 1.807) is 6.92 Å². The average Bonchev–Trinajstić information content (AvgIpc) is 2.66. The molecule has 0 saturated heterocycles. The summed E-state index contributed by atoms with van der Waals surface area (Å²) in [6.07, 6.45) is 2.21. The van der Waals surface area contributed by atoms with E-state index in [0.29, 0.717) is 33.5 Å². The highest BCUT2D eigenvalue weighted by molar-refractivity contribution is 7.20. The minimum Gasteiger partial charge on any atom is -0.393 e. The molecular weight excluding hydrogens is 266 g/mol. The summed E-state index contributed by atoms with van der Waals surface area (Å²) in [6, 6.07) is 0.0263. The largest absolute Gasteiger partial charge is 0.393 e. The Morgan fingerprint density at radius 2 is 2.32 bits per heavy atom. The molecule has 1 amide bonds. The SMILES string of the molecule is Cc1c(C(=O)NC2CC(O)C2)sc2nc[nH]c(=O)c12. The van der Waals surface area contributed by atoms with Crippen LogP contribution in [-0.2, 0) is 0 Å². The predicted molar refractivity (Wildman–Crippen MR) is 71.5 cm³/mol. The minimum absolute atomic E-state index is 0.0263. The first-order valence-corrected chi connectivity index (χ1v) is 6.83. The second kappa shape index (κ2) is 4.43. The molecule has 1 aliphatic rings. The standard InChI is InChI=1S/C12H13N3O3S/c1-5-8-10(17)13-4-14-12(8)19-9(5)11(18)15-6-2-7(16)3-6/h4,6-7,16H,2-3H2,1H3,(H,15,18)(H,13,14,17). The van der Waals surface area contributed by atoms with Gasteiger partial charge < -0.3 is 15.4 Å². The van der Waals surface area contributed by atoms with Crippen molar-refractivity contribution in [2.45, 2.75) is 31.9 Å². The average molecular weight is 279 g/mol. The van der Waals surface area contributed by atoms with Gasteiger partial charge >= 0.3 is 0 Å². The van der Waals surface area contributed by atoms with Crippen LogP contribution in [0.5, 0.6) is 0 Å². The fourth-order valence-corrected chi connectivity index (χ4v) is 3.30. The van der Waals surface area contributed by atoms with Gasteiger partial charge in [-0.3, -0.25) is 9.59 Å². The molecule has 0 spiro atoms. The maximum absolute atomic E-state index is 12.1. The number of carbonyl (C=O) groups excluding carboxylic acids is 1. The van der Waals surface area contributed by atoms with E-state index >= 15 is 0 Å². The number of amides is 1. The van der Waals surface area contributed by atoms with Gasteiger partial charge in [-0.2, -0.15) is 0 Å². The van der Waals surface area contributed by atoms with E-state index in [0.717, 1.165) is 0 Å². The smallest absolute Gasteiger partial charge is 0.261 e. The molecule has 19 heavy (non-hydrogen) atoms. The number of hydrogen-bond donors (Lipinski definition) is 3. The number of H-pyrrole nitrogens is 1. The maximum Gasteiger partial charge on any atom is 0.261 e. The molecule has 100 valence electrons. The molecule has 0 unspecified atom stereocenters. The Balaban J connectivity index is 1.92. The Morgan fingerprint density at radius 3 is 2.95 bits per heavy atom. The molecule has 1 fully saturated rings. The number of aromatic nitrogens is 2. The van der Waals surface area contributed by atoms with Crippen molar-refractivity contribution < 1.29 is 9.90 Å². The van der Waals surface area contributed by atoms with E-state index in [4.69, 9.17) is 0 Å². The summed E-state index contributed by atoms with van der Waals surface area (Å²) in [5.74, 6) is -0.197. The molecule has 0 aromatic carbocycles. The topological polar surface area (TPSA) is 95.1 Å². The van der Waals surface area contributed by atoms with Crippen molar-refractivity contribution in [2.75, 3.05) is 0 Å². The van der Waals surface area contributed by atoms with Crippen molar-refractivity contribution in [1.29, 1.82) is 0 Å². The lowest BCUT2D eigenvalue weighted by Gasteiger charge is -2.31. The fraction of sp³-hybridized carbons (Fsp3) is 0.417. The number of nitrogens with one attached hydrogen (secondary N) is 2. The van der Waals surface area contributed by atoms with E-state index in [1.165, 1.54) is 17.7 Å². The lowest BCUT2D eigenvalue weighted by molar-refractivity contribution is 0.0564. The Hall–Kier alpha value is -1.73. The van der Waals surface area contributed by atoms with Gasteiger partial charge in [0.05, 0.1) is 22.7 Å². The van der Waals surface area contributed by atoms with E-state index in [2.05, 4.69) is 15.3 Å². The third kappa shape index (κ3) is 2.04. The van der Waals surface area contributed by atoms with Crippen LogP contribution < -0.4 is 10.9 Å². The molecule has 0 atom stereocenters. The van der Waals surface area contributed by atoms with E-state index in [1.807, 2.05) is 0 Å². The number of carbonyl (C=O) groups is 1. The summed E-state index contributed by atoms with van der Waals surface area (Å²) in [5.41, 5.74) is 0.434. The number of hydrogen-bond acceptors (Lipinski definition) is 5. The first kappa shape index (κ1) is 12.3. The Kier molecular flexibility index (Phi) is 2.87. The molecule has 6 nitrogen and oxygen atoms in total. The van der Waals surface area contributed by atoms with Gasteiger partial charge in [-0.05, 0) is 25.3 Å². The van der Waals surface area contributed by atoms with E-state index in [-0.39, 0.29) is 23.6 Å². The third-order valence-electron chi connectivity index (χ3n) is 3.39. The van der Waals surface area contributed by atoms with E-state index < -0.39 is 0 Å². The maximum atomic E-state index is 12.1. The second-order valence-electron chi connectivity index (χ2n) is 4.76. The quantitative estimate of drug-likeness (QED) is 0.748. The molecule has 1 saturated carbocycles. The summed E-state index contributed by atoms with van der Waals surface area (Å²) >= 11 is 1.22. The van der Waals surface area contributed by atoms with Crippen LogP contribution in [0.2, 0.25) is 0 Å². The number of aliphatic hydroxyl groups is 1. The van der Waals surface area contributed by atoms with Crippen LogP contribution in [0.1, 0.15) is 28.1 Å². The monoisotopic (exact) mass is 279 g/mol. The second-order valence-corrected chi connectivity index (χ2v) is 5.76. The molecule has 0 radical (unpaired) electrons. The summed E-state index contributed by atoms with van der Waals surface area (Å²) in [5, 5.41) is 12.5. The van der Waals surface area contributed by atoms with Gasteiger partial charge in [0.15, 0.2) is 0 Å². The van der Waals surface area contributed by atoms with Crippen molar-refractivity contribution in [3.8, 4) is 0 Å². The normalized spacial score (nSPS) is 22.2. The summed E-state index contributed by atoms with van der Waals surface area (Å²) in [6.45, 7) is 1.75. The molecule has 2 aromatic heterocycles. The van der Waals surface area contributed by atoms with Gasteiger partial charge in [-0.1, -0.05) is 0 Å². The van der Waals surface area contributed by atoms with Crippen LogP contribution in [-0.4, -0.2) is 33.1 Å². The summed E-state index contributed by atoms with van der Waals surface area (Å²) < 4.78 is 0.